The Morgan fingerprint density at radius 2 is 1.59 bits per heavy atom. The molecule has 0 aromatic heterocycles. The van der Waals surface area contributed by atoms with Gasteiger partial charge in [0.25, 0.3) is 11.8 Å². The number of nitrogens with one attached hydrogen (secondary N) is 1. The van der Waals surface area contributed by atoms with Gasteiger partial charge in [0.05, 0.1) is 24.2 Å². The van der Waals surface area contributed by atoms with Crippen LogP contribution in [-0.2, 0) is 9.59 Å². The summed E-state index contributed by atoms with van der Waals surface area (Å²) in [5, 5.41) is 2.81. The lowest BCUT2D eigenvalue weighted by molar-refractivity contribution is -0.130. The van der Waals surface area contributed by atoms with Gasteiger partial charge in [-0.1, -0.05) is 0 Å². The first-order valence-electron chi connectivity index (χ1n) is 9.67. The number of likely N-dealkylation sites (N-methyl/N-ethyl adjacent to an activating group) is 1. The molecule has 2 aliphatic rings. The zero-order valence-electron chi connectivity index (χ0n) is 17.1. The minimum Gasteiger partial charge on any atom is -0.348 e. The fourth-order valence-corrected chi connectivity index (χ4v) is 3.52. The molecule has 1 aromatic rings. The topological polar surface area (TPSA) is 93.3 Å². The van der Waals surface area contributed by atoms with Crippen molar-refractivity contribution in [2.45, 2.75) is 6.42 Å². The van der Waals surface area contributed by atoms with Crippen LogP contribution in [0.5, 0.6) is 0 Å². The van der Waals surface area contributed by atoms with Gasteiger partial charge < -0.3 is 10.2 Å². The number of nitrogens with zero attached hydrogens (tertiary/aromatic N) is 4. The Hall–Kier alpha value is -2.78. The van der Waals surface area contributed by atoms with Gasteiger partial charge in [0.1, 0.15) is 0 Å². The fourth-order valence-electron chi connectivity index (χ4n) is 3.52. The second-order valence-electron chi connectivity index (χ2n) is 7.67. The van der Waals surface area contributed by atoms with Crippen LogP contribution in [-0.4, -0.2) is 104 Å². The lowest BCUT2D eigenvalue weighted by atomic mass is 10.1. The summed E-state index contributed by atoms with van der Waals surface area (Å²) in [6.07, 6.45) is 0.885. The summed E-state index contributed by atoms with van der Waals surface area (Å²) in [7, 11) is 4.94. The molecular weight excluding hydrogens is 374 g/mol. The van der Waals surface area contributed by atoms with Crippen molar-refractivity contribution in [1.82, 2.24) is 19.6 Å². The highest BCUT2D eigenvalue weighted by atomic mass is 16.2. The predicted molar refractivity (Wildman–Crippen MR) is 108 cm³/mol. The van der Waals surface area contributed by atoms with Crippen molar-refractivity contribution in [1.29, 1.82) is 0 Å². The van der Waals surface area contributed by atoms with Gasteiger partial charge in [-0.15, -0.1) is 0 Å². The van der Waals surface area contributed by atoms with E-state index in [2.05, 4.69) is 15.1 Å². The Morgan fingerprint density at radius 3 is 2.24 bits per heavy atom. The van der Waals surface area contributed by atoms with Gasteiger partial charge in [-0.25, -0.2) is 0 Å². The van der Waals surface area contributed by atoms with Gasteiger partial charge in [-0.2, -0.15) is 0 Å². The molecule has 29 heavy (non-hydrogen) atoms. The van der Waals surface area contributed by atoms with E-state index in [4.69, 9.17) is 0 Å². The van der Waals surface area contributed by atoms with Gasteiger partial charge in [0.2, 0.25) is 11.8 Å². The van der Waals surface area contributed by atoms with Crippen molar-refractivity contribution in [2.24, 2.45) is 0 Å². The molecule has 0 aliphatic carbocycles. The standard InChI is InChI=1S/C20H27N5O4/c1-22(2)18(27)13-25-8-4-7-24(9-10-25)12-17(26)21-14-5-6-15-16(11-14)20(29)23(3)19(15)28/h5-6,11H,4,7-10,12-13H2,1-3H3,(H,21,26). The molecule has 4 amide bonds. The first-order chi connectivity index (χ1) is 13.8. The number of fused-ring (bicyclic) bond motifs is 1. The van der Waals surface area contributed by atoms with E-state index in [1.54, 1.807) is 37.2 Å². The number of rotatable bonds is 5. The molecule has 0 saturated carbocycles. The molecule has 0 unspecified atom stereocenters. The fraction of sp³-hybridized carbons (Fsp3) is 0.500. The third kappa shape index (κ3) is 4.80. The highest BCUT2D eigenvalue weighted by molar-refractivity contribution is 6.21. The van der Waals surface area contributed by atoms with Crippen LogP contribution in [0.25, 0.3) is 0 Å². The summed E-state index contributed by atoms with van der Waals surface area (Å²) in [6, 6.07) is 4.76. The normalized spacial score (nSPS) is 17.8. The van der Waals surface area contributed by atoms with Gasteiger partial charge in [0.15, 0.2) is 0 Å². The average molecular weight is 401 g/mol. The van der Waals surface area contributed by atoms with E-state index >= 15 is 0 Å². The average Bonchev–Trinajstić information content (AvgIpc) is 2.83. The molecule has 9 nitrogen and oxygen atoms in total. The van der Waals surface area contributed by atoms with Crippen LogP contribution < -0.4 is 5.32 Å². The van der Waals surface area contributed by atoms with Crippen LogP contribution in [0.1, 0.15) is 27.1 Å². The highest BCUT2D eigenvalue weighted by Gasteiger charge is 2.32. The van der Waals surface area contributed by atoms with E-state index in [1.807, 2.05) is 0 Å². The van der Waals surface area contributed by atoms with Crippen LogP contribution >= 0.6 is 0 Å². The van der Waals surface area contributed by atoms with Crippen LogP contribution in [0.4, 0.5) is 5.69 Å². The lowest BCUT2D eigenvalue weighted by Crippen LogP contribution is -2.39. The van der Waals surface area contributed by atoms with Gasteiger partial charge in [-0.3, -0.25) is 33.9 Å². The number of imide groups is 1. The van der Waals surface area contributed by atoms with Crippen molar-refractivity contribution in [2.75, 3.05) is 65.7 Å². The summed E-state index contributed by atoms with van der Waals surface area (Å²) in [6.45, 7) is 3.67. The number of anilines is 1. The number of carbonyl (C=O) groups is 4. The molecule has 1 saturated heterocycles. The quantitative estimate of drug-likeness (QED) is 0.696. The van der Waals surface area contributed by atoms with Crippen molar-refractivity contribution in [3.05, 3.63) is 29.3 Å². The van der Waals surface area contributed by atoms with Gasteiger partial charge in [0, 0.05) is 39.9 Å². The Morgan fingerprint density at radius 1 is 0.966 bits per heavy atom. The van der Waals surface area contributed by atoms with Crippen molar-refractivity contribution < 1.29 is 19.2 Å². The minimum atomic E-state index is -0.360. The molecule has 1 fully saturated rings. The third-order valence-electron chi connectivity index (χ3n) is 5.28. The van der Waals surface area contributed by atoms with Crippen LogP contribution in [0.15, 0.2) is 18.2 Å². The molecule has 2 aliphatic heterocycles. The van der Waals surface area contributed by atoms with E-state index < -0.39 is 0 Å². The summed E-state index contributed by atoms with van der Waals surface area (Å²) in [4.78, 5) is 55.2. The zero-order chi connectivity index (χ0) is 21.1. The first kappa shape index (κ1) is 20.9. The number of amides is 4. The SMILES string of the molecule is CN(C)C(=O)CN1CCCN(CC(=O)Nc2ccc3c(c2)C(=O)N(C)C3=O)CC1. The van der Waals surface area contributed by atoms with Crippen LogP contribution in [0.2, 0.25) is 0 Å². The maximum Gasteiger partial charge on any atom is 0.261 e. The summed E-state index contributed by atoms with van der Waals surface area (Å²) < 4.78 is 0. The van der Waals surface area contributed by atoms with E-state index in [-0.39, 0.29) is 30.2 Å². The molecule has 9 heteroatoms. The second kappa shape index (κ2) is 8.71. The molecule has 2 heterocycles. The third-order valence-corrected chi connectivity index (χ3v) is 5.28. The Balaban J connectivity index is 1.53. The largest absolute Gasteiger partial charge is 0.348 e. The van der Waals surface area contributed by atoms with E-state index in [0.717, 1.165) is 31.0 Å². The van der Waals surface area contributed by atoms with Crippen molar-refractivity contribution in [3.63, 3.8) is 0 Å². The van der Waals surface area contributed by atoms with E-state index in [0.29, 0.717) is 29.9 Å². The Labute approximate surface area is 170 Å². The predicted octanol–water partition coefficient (Wildman–Crippen LogP) is -0.0532. The zero-order valence-corrected chi connectivity index (χ0v) is 17.1. The smallest absolute Gasteiger partial charge is 0.261 e. The van der Waals surface area contributed by atoms with E-state index in [1.165, 1.54) is 7.05 Å². The Kier molecular flexibility index (Phi) is 6.29. The molecule has 1 aromatic carbocycles. The molecule has 0 radical (unpaired) electrons. The van der Waals surface area contributed by atoms with Crippen molar-refractivity contribution in [3.8, 4) is 0 Å². The summed E-state index contributed by atoms with van der Waals surface area (Å²) in [5.41, 5.74) is 1.17. The van der Waals surface area contributed by atoms with Gasteiger partial charge >= 0.3 is 0 Å². The van der Waals surface area contributed by atoms with Crippen LogP contribution in [0.3, 0.4) is 0 Å². The summed E-state index contributed by atoms with van der Waals surface area (Å²) >= 11 is 0. The number of benzene rings is 1. The maximum atomic E-state index is 12.5. The van der Waals surface area contributed by atoms with Gasteiger partial charge in [-0.05, 0) is 37.7 Å². The molecule has 3 rings (SSSR count). The van der Waals surface area contributed by atoms with E-state index in [9.17, 15) is 19.2 Å². The monoisotopic (exact) mass is 401 g/mol. The maximum absolute atomic E-state index is 12.5. The van der Waals surface area contributed by atoms with Crippen molar-refractivity contribution >= 4 is 29.3 Å². The molecule has 156 valence electrons. The summed E-state index contributed by atoms with van der Waals surface area (Å²) in [5.74, 6) is -0.787. The highest BCUT2D eigenvalue weighted by Crippen LogP contribution is 2.24. The Bertz CT molecular complexity index is 838. The molecule has 0 spiro atoms. The number of hydrogen-bond donors (Lipinski definition) is 1. The molecule has 0 bridgehead atoms. The molecule has 0 atom stereocenters. The second-order valence-corrected chi connectivity index (χ2v) is 7.67. The number of hydrogen-bond acceptors (Lipinski definition) is 6. The number of carbonyl (C=O) groups excluding carboxylic acids is 4. The minimum absolute atomic E-state index is 0.0754. The molecular formula is C20H27N5O4. The lowest BCUT2D eigenvalue weighted by Gasteiger charge is -2.22. The molecule has 1 N–H and O–H groups in total. The van der Waals surface area contributed by atoms with Crippen LogP contribution in [0, 0.1) is 0 Å². The first-order valence-corrected chi connectivity index (χ1v) is 9.67.